The quantitative estimate of drug-likeness (QED) is 0.687. The molecule has 0 saturated heterocycles. The summed E-state index contributed by atoms with van der Waals surface area (Å²) in [5.41, 5.74) is 0. The molecule has 0 aliphatic heterocycles. The largest absolute Gasteiger partial charge is 0.339 e. The van der Waals surface area contributed by atoms with Crippen molar-refractivity contribution >= 4 is 11.8 Å². The van der Waals surface area contributed by atoms with E-state index in [1.807, 2.05) is 18.7 Å². The van der Waals surface area contributed by atoms with Crippen LogP contribution in [0.25, 0.3) is 0 Å². The van der Waals surface area contributed by atoms with Gasteiger partial charge >= 0.3 is 0 Å². The number of nitrogens with zero attached hydrogens (tertiary/aromatic N) is 2. The molecule has 86 valence electrons. The van der Waals surface area contributed by atoms with Crippen molar-refractivity contribution in [3.63, 3.8) is 0 Å². The summed E-state index contributed by atoms with van der Waals surface area (Å²) in [7, 11) is 0. The van der Waals surface area contributed by atoms with Gasteiger partial charge in [0, 0.05) is 13.0 Å². The van der Waals surface area contributed by atoms with Crippen LogP contribution in [0.15, 0.2) is 4.52 Å². The molecule has 5 heteroatoms. The number of nitrogens with one attached hydrogen (secondary N) is 1. The van der Waals surface area contributed by atoms with Gasteiger partial charge in [0.25, 0.3) is 0 Å². The summed E-state index contributed by atoms with van der Waals surface area (Å²) in [4.78, 5) is 4.14. The molecule has 1 aromatic rings. The fraction of sp³-hybridized carbons (Fsp3) is 0.800. The average Bonchev–Trinajstić information content (AvgIpc) is 2.63. The Morgan fingerprint density at radius 2 is 2.20 bits per heavy atom. The molecule has 15 heavy (non-hydrogen) atoms. The van der Waals surface area contributed by atoms with Crippen molar-refractivity contribution in [3.05, 3.63) is 11.7 Å². The van der Waals surface area contributed by atoms with Crippen molar-refractivity contribution in [1.29, 1.82) is 0 Å². The molecule has 0 aliphatic carbocycles. The van der Waals surface area contributed by atoms with Crippen molar-refractivity contribution in [2.75, 3.05) is 25.1 Å². The maximum atomic E-state index is 5.00. The predicted octanol–water partition coefficient (Wildman–Crippen LogP) is 1.65. The molecule has 0 fully saturated rings. The molecule has 0 atom stereocenters. The Kier molecular flexibility index (Phi) is 6.43. The third kappa shape index (κ3) is 5.79. The van der Waals surface area contributed by atoms with Gasteiger partial charge in [-0.2, -0.15) is 16.7 Å². The second-order valence-electron chi connectivity index (χ2n) is 3.44. The van der Waals surface area contributed by atoms with Crippen LogP contribution in [0.5, 0.6) is 0 Å². The Bertz CT molecular complexity index is 265. The smallest absolute Gasteiger partial charge is 0.227 e. The Hall–Kier alpha value is -0.550. The van der Waals surface area contributed by atoms with Crippen LogP contribution in [-0.2, 0) is 6.42 Å². The van der Waals surface area contributed by atoms with Crippen LogP contribution in [0, 0.1) is 6.92 Å². The van der Waals surface area contributed by atoms with E-state index < -0.39 is 0 Å². The molecule has 1 rings (SSSR count). The molecule has 0 unspecified atom stereocenters. The van der Waals surface area contributed by atoms with E-state index in [1.54, 1.807) is 0 Å². The van der Waals surface area contributed by atoms with Crippen LogP contribution in [0.1, 0.15) is 24.6 Å². The normalized spacial score (nSPS) is 10.8. The van der Waals surface area contributed by atoms with E-state index in [-0.39, 0.29) is 0 Å². The molecule has 0 spiro atoms. The van der Waals surface area contributed by atoms with Crippen molar-refractivity contribution in [3.8, 4) is 0 Å². The molecule has 0 aliphatic rings. The van der Waals surface area contributed by atoms with Crippen LogP contribution in [0.2, 0.25) is 0 Å². The van der Waals surface area contributed by atoms with E-state index in [2.05, 4.69) is 21.7 Å². The third-order valence-electron chi connectivity index (χ3n) is 2.04. The topological polar surface area (TPSA) is 51.0 Å². The SMILES string of the molecule is CSCCCCNCCc1nc(C)no1. The summed E-state index contributed by atoms with van der Waals surface area (Å²) in [6.45, 7) is 3.83. The van der Waals surface area contributed by atoms with Gasteiger partial charge in [0.2, 0.25) is 5.89 Å². The predicted molar refractivity (Wildman–Crippen MR) is 63.2 cm³/mol. The Balaban J connectivity index is 1.93. The molecule has 0 saturated carbocycles. The summed E-state index contributed by atoms with van der Waals surface area (Å²) in [6, 6.07) is 0. The zero-order chi connectivity index (χ0) is 10.9. The third-order valence-corrected chi connectivity index (χ3v) is 2.73. The lowest BCUT2D eigenvalue weighted by atomic mass is 10.3. The molecular weight excluding hydrogens is 210 g/mol. The van der Waals surface area contributed by atoms with Gasteiger partial charge in [0.1, 0.15) is 0 Å². The van der Waals surface area contributed by atoms with Gasteiger partial charge in [0.15, 0.2) is 5.82 Å². The van der Waals surface area contributed by atoms with Crippen LogP contribution < -0.4 is 5.32 Å². The second-order valence-corrected chi connectivity index (χ2v) is 4.42. The average molecular weight is 229 g/mol. The lowest BCUT2D eigenvalue weighted by Crippen LogP contribution is -2.18. The first kappa shape index (κ1) is 12.5. The minimum Gasteiger partial charge on any atom is -0.339 e. The van der Waals surface area contributed by atoms with Crippen molar-refractivity contribution in [2.45, 2.75) is 26.2 Å². The van der Waals surface area contributed by atoms with Crippen LogP contribution in [-0.4, -0.2) is 35.2 Å². The summed E-state index contributed by atoms with van der Waals surface area (Å²) in [5, 5.41) is 7.10. The molecule has 0 bridgehead atoms. The van der Waals surface area contributed by atoms with Gasteiger partial charge < -0.3 is 9.84 Å². The lowest BCUT2D eigenvalue weighted by molar-refractivity contribution is 0.372. The van der Waals surface area contributed by atoms with E-state index >= 15 is 0 Å². The molecule has 1 aromatic heterocycles. The fourth-order valence-corrected chi connectivity index (χ4v) is 1.75. The first-order valence-electron chi connectivity index (χ1n) is 5.32. The summed E-state index contributed by atoms with van der Waals surface area (Å²) < 4.78 is 5.00. The molecule has 1 heterocycles. The number of aromatic nitrogens is 2. The minimum absolute atomic E-state index is 0.713. The maximum Gasteiger partial charge on any atom is 0.227 e. The highest BCUT2D eigenvalue weighted by Gasteiger charge is 2.00. The summed E-state index contributed by atoms with van der Waals surface area (Å²) in [6.07, 6.45) is 5.49. The zero-order valence-corrected chi connectivity index (χ0v) is 10.3. The fourth-order valence-electron chi connectivity index (χ4n) is 1.26. The van der Waals surface area contributed by atoms with Gasteiger partial charge in [-0.15, -0.1) is 0 Å². The van der Waals surface area contributed by atoms with E-state index in [4.69, 9.17) is 4.52 Å². The summed E-state index contributed by atoms with van der Waals surface area (Å²) >= 11 is 1.90. The van der Waals surface area contributed by atoms with E-state index in [0.717, 1.165) is 25.4 Å². The van der Waals surface area contributed by atoms with Crippen molar-refractivity contribution < 1.29 is 4.52 Å². The van der Waals surface area contributed by atoms with Gasteiger partial charge in [-0.1, -0.05) is 5.16 Å². The zero-order valence-electron chi connectivity index (χ0n) is 9.45. The van der Waals surface area contributed by atoms with Gasteiger partial charge in [-0.05, 0) is 38.3 Å². The number of unbranched alkanes of at least 4 members (excludes halogenated alkanes) is 1. The van der Waals surface area contributed by atoms with Crippen LogP contribution in [0.3, 0.4) is 0 Å². The Morgan fingerprint density at radius 1 is 1.33 bits per heavy atom. The molecule has 0 amide bonds. The van der Waals surface area contributed by atoms with Gasteiger partial charge in [-0.25, -0.2) is 0 Å². The molecule has 0 aromatic carbocycles. The molecule has 4 nitrogen and oxygen atoms in total. The Labute approximate surface area is 95.2 Å². The highest BCUT2D eigenvalue weighted by molar-refractivity contribution is 7.98. The van der Waals surface area contributed by atoms with E-state index in [0.29, 0.717) is 5.82 Å². The summed E-state index contributed by atoms with van der Waals surface area (Å²) in [5.74, 6) is 2.69. The minimum atomic E-state index is 0.713. The monoisotopic (exact) mass is 229 g/mol. The molecule has 1 N–H and O–H groups in total. The maximum absolute atomic E-state index is 5.00. The van der Waals surface area contributed by atoms with Crippen molar-refractivity contribution in [1.82, 2.24) is 15.5 Å². The number of hydrogen-bond acceptors (Lipinski definition) is 5. The lowest BCUT2D eigenvalue weighted by Gasteiger charge is -2.01. The van der Waals surface area contributed by atoms with E-state index in [9.17, 15) is 0 Å². The molecular formula is C10H19N3OS. The standard InChI is InChI=1S/C10H19N3OS/c1-9-12-10(14-13-9)5-7-11-6-3-4-8-15-2/h11H,3-8H2,1-2H3. The van der Waals surface area contributed by atoms with Gasteiger partial charge in [-0.3, -0.25) is 0 Å². The Morgan fingerprint density at radius 3 is 2.87 bits per heavy atom. The number of rotatable bonds is 8. The number of thioether (sulfide) groups is 1. The number of hydrogen-bond donors (Lipinski definition) is 1. The first-order chi connectivity index (χ1) is 7.33. The number of aryl methyl sites for hydroxylation is 1. The van der Waals surface area contributed by atoms with Crippen LogP contribution in [0.4, 0.5) is 0 Å². The highest BCUT2D eigenvalue weighted by atomic mass is 32.2. The highest BCUT2D eigenvalue weighted by Crippen LogP contribution is 1.98. The van der Waals surface area contributed by atoms with Crippen molar-refractivity contribution in [2.24, 2.45) is 0 Å². The second kappa shape index (κ2) is 7.70. The van der Waals surface area contributed by atoms with Gasteiger partial charge in [0.05, 0.1) is 0 Å². The first-order valence-corrected chi connectivity index (χ1v) is 6.71. The van der Waals surface area contributed by atoms with Crippen LogP contribution >= 0.6 is 11.8 Å². The van der Waals surface area contributed by atoms with E-state index in [1.165, 1.54) is 18.6 Å². The molecule has 0 radical (unpaired) electrons.